The number of phosphoric acid groups is 2. The van der Waals surface area contributed by atoms with Gasteiger partial charge in [0.25, 0.3) is 0 Å². The molecule has 0 aliphatic carbocycles. The van der Waals surface area contributed by atoms with Crippen molar-refractivity contribution in [2.45, 2.75) is 347 Å². The normalized spacial score (nSPS) is 14.6. The number of unbranched alkanes of at least 4 members (excludes halogenated alkanes) is 33. The molecule has 5 atom stereocenters. The first-order valence-electron chi connectivity index (χ1n) is 39.2. The number of hydrogen-bond donors (Lipinski definition) is 4. The smallest absolute Gasteiger partial charge is 0.463 e. The summed E-state index contributed by atoms with van der Waals surface area (Å²) in [7, 11) is -9.78. The number of ether oxygens (including phenoxy) is 3. The van der Waals surface area contributed by atoms with Gasteiger partial charge in [-0.3, -0.25) is 32.5 Å². The molecule has 0 aromatic heterocycles. The maximum Gasteiger partial charge on any atom is 0.472 e. The molecule has 0 heterocycles. The minimum absolute atomic E-state index is 0.0927. The topological polar surface area (TPSA) is 231 Å². The highest BCUT2D eigenvalue weighted by Crippen LogP contribution is 2.45. The molecule has 5 unspecified atom stereocenters. The Labute approximate surface area is 602 Å². The van der Waals surface area contributed by atoms with E-state index >= 15 is 0 Å². The Morgan fingerprint density at radius 1 is 0.293 bits per heavy atom. The number of aliphatic hydroxyl groups is 2. The van der Waals surface area contributed by atoms with Crippen molar-refractivity contribution in [3.05, 3.63) is 109 Å². The minimum atomic E-state index is -4.93. The Hall–Kier alpha value is -3.79. The van der Waals surface area contributed by atoms with Gasteiger partial charge in [0.2, 0.25) is 0 Å². The lowest BCUT2D eigenvalue weighted by Crippen LogP contribution is -2.30. The largest absolute Gasteiger partial charge is 0.472 e. The highest BCUT2D eigenvalue weighted by atomic mass is 31.2. The molecular formula is C81H142O16P2. The fourth-order valence-electron chi connectivity index (χ4n) is 10.5. The van der Waals surface area contributed by atoms with Crippen molar-refractivity contribution >= 4 is 33.6 Å². The van der Waals surface area contributed by atoms with Crippen molar-refractivity contribution < 1.29 is 75.8 Å². The van der Waals surface area contributed by atoms with Gasteiger partial charge >= 0.3 is 33.6 Å². The summed E-state index contributed by atoms with van der Waals surface area (Å²) in [6.45, 7) is 2.53. The van der Waals surface area contributed by atoms with Gasteiger partial charge in [0.1, 0.15) is 25.4 Å². The summed E-state index contributed by atoms with van der Waals surface area (Å²) in [5, 5.41) is 20.6. The van der Waals surface area contributed by atoms with Crippen molar-refractivity contribution in [3.8, 4) is 0 Å². The lowest BCUT2D eigenvalue weighted by atomic mass is 10.0. The molecule has 4 N–H and O–H groups in total. The zero-order valence-corrected chi connectivity index (χ0v) is 64.2. The fourth-order valence-corrected chi connectivity index (χ4v) is 12.1. The SMILES string of the molecule is CC/C=C\C/C=C\C/C=C\C/C=C\C/C=C\C/C=C\CCCCCCCCCCCCCCCCC(=O)OCC(O)COP(=O)(O)OCC(O)COP(=O)(O)OCC(COC(=O)CCCCCCC/C=C\C/C=C\CCCCC)OC(=O)CCCCCCC/C=C\CCCCCCCC. The van der Waals surface area contributed by atoms with Crippen molar-refractivity contribution in [1.29, 1.82) is 0 Å². The maximum atomic E-state index is 12.9. The Kier molecular flexibility index (Phi) is 71.1. The van der Waals surface area contributed by atoms with E-state index < -0.39 is 91.5 Å². The number of rotatable bonds is 74. The number of hydrogen-bond acceptors (Lipinski definition) is 14. The van der Waals surface area contributed by atoms with E-state index in [2.05, 4.69) is 130 Å². The minimum Gasteiger partial charge on any atom is -0.463 e. The van der Waals surface area contributed by atoms with E-state index in [9.17, 15) is 43.5 Å². The lowest BCUT2D eigenvalue weighted by Gasteiger charge is -2.21. The van der Waals surface area contributed by atoms with Crippen LogP contribution >= 0.6 is 15.6 Å². The lowest BCUT2D eigenvalue weighted by molar-refractivity contribution is -0.161. The van der Waals surface area contributed by atoms with E-state index in [1.165, 1.54) is 122 Å². The molecule has 0 aliphatic heterocycles. The molecule has 0 fully saturated rings. The predicted molar refractivity (Wildman–Crippen MR) is 408 cm³/mol. The predicted octanol–water partition coefficient (Wildman–Crippen LogP) is 22.8. The average molecular weight is 1430 g/mol. The van der Waals surface area contributed by atoms with Gasteiger partial charge in [-0.1, -0.05) is 291 Å². The molecule has 0 aromatic carbocycles. The van der Waals surface area contributed by atoms with Crippen molar-refractivity contribution in [3.63, 3.8) is 0 Å². The summed E-state index contributed by atoms with van der Waals surface area (Å²) in [4.78, 5) is 58.5. The second-order valence-electron chi connectivity index (χ2n) is 26.1. The van der Waals surface area contributed by atoms with Crippen LogP contribution in [0.4, 0.5) is 0 Å². The van der Waals surface area contributed by atoms with Gasteiger partial charge in [-0.25, -0.2) is 9.13 Å². The van der Waals surface area contributed by atoms with E-state index in [1.54, 1.807) is 0 Å². The third kappa shape index (κ3) is 75.2. The standard InChI is InChI=1S/C81H142O16P2/c1-4-7-10-13-16-19-22-25-28-29-30-31-32-33-34-35-36-37-38-39-40-41-42-43-44-45-48-50-52-55-58-61-64-67-79(84)91-70-76(82)71-93-98(87,88)94-72-77(83)73-95-99(89,90)96-75-78(97-81(86)69-66-63-60-57-54-51-47-27-24-21-18-15-12-9-6-3)74-92-80(85)68-65-62-59-56-53-49-46-26-23-20-17-14-11-8-5-2/h7,10,16-17,19-20,25-28,30-31,33-34,36-37,46-47,76-78,82-83H,4-6,8-9,11-15,18,21-24,29,32,35,38-45,48-75H2,1-3H3,(H,87,88)(H,89,90)/b10-7-,19-16-,20-17-,28-25-,31-30-,34-33-,37-36-,46-26-,47-27-. The van der Waals surface area contributed by atoms with Crippen molar-refractivity contribution in [1.82, 2.24) is 0 Å². The van der Waals surface area contributed by atoms with Gasteiger partial charge < -0.3 is 34.2 Å². The van der Waals surface area contributed by atoms with Gasteiger partial charge in [-0.15, -0.1) is 0 Å². The Morgan fingerprint density at radius 2 is 0.535 bits per heavy atom. The first kappa shape index (κ1) is 95.2. The third-order valence-corrected chi connectivity index (χ3v) is 18.4. The molecule has 0 saturated heterocycles. The maximum absolute atomic E-state index is 12.9. The molecule has 0 bridgehead atoms. The highest BCUT2D eigenvalue weighted by Gasteiger charge is 2.29. The van der Waals surface area contributed by atoms with Crippen LogP contribution in [0.1, 0.15) is 329 Å². The first-order valence-corrected chi connectivity index (χ1v) is 42.2. The number of carbonyl (C=O) groups is 3. The summed E-state index contributed by atoms with van der Waals surface area (Å²) in [5.74, 6) is -1.59. The zero-order chi connectivity index (χ0) is 72.3. The molecule has 0 amide bonds. The fraction of sp³-hybridized carbons (Fsp3) is 0.741. The summed E-state index contributed by atoms with van der Waals surface area (Å²) >= 11 is 0. The Bertz CT molecular complexity index is 2240. The summed E-state index contributed by atoms with van der Waals surface area (Å²) in [6, 6.07) is 0. The van der Waals surface area contributed by atoms with Gasteiger partial charge in [-0.05, 0) is 128 Å². The number of esters is 3. The molecule has 0 spiro atoms. The van der Waals surface area contributed by atoms with Crippen molar-refractivity contribution in [2.75, 3.05) is 39.6 Å². The third-order valence-electron chi connectivity index (χ3n) is 16.5. The van der Waals surface area contributed by atoms with E-state index in [0.717, 1.165) is 148 Å². The second kappa shape index (κ2) is 73.9. The van der Waals surface area contributed by atoms with Gasteiger partial charge in [0, 0.05) is 19.3 Å². The van der Waals surface area contributed by atoms with Gasteiger partial charge in [0.05, 0.1) is 26.4 Å². The van der Waals surface area contributed by atoms with E-state index in [4.69, 9.17) is 32.3 Å². The van der Waals surface area contributed by atoms with Gasteiger partial charge in [0.15, 0.2) is 6.10 Å². The molecule has 0 saturated carbocycles. The van der Waals surface area contributed by atoms with Crippen LogP contribution in [0.5, 0.6) is 0 Å². The Morgan fingerprint density at radius 3 is 0.879 bits per heavy atom. The van der Waals surface area contributed by atoms with E-state index in [0.29, 0.717) is 19.3 Å². The highest BCUT2D eigenvalue weighted by molar-refractivity contribution is 7.47. The monoisotopic (exact) mass is 1430 g/mol. The van der Waals surface area contributed by atoms with Crippen molar-refractivity contribution in [2.24, 2.45) is 0 Å². The first-order chi connectivity index (χ1) is 48.2. The number of aliphatic hydroxyl groups excluding tert-OH is 2. The molecule has 99 heavy (non-hydrogen) atoms. The van der Waals surface area contributed by atoms with E-state index in [-0.39, 0.29) is 19.3 Å². The summed E-state index contributed by atoms with van der Waals surface area (Å²) in [5.41, 5.74) is 0. The molecule has 0 rings (SSSR count). The van der Waals surface area contributed by atoms with Crippen LogP contribution in [0.25, 0.3) is 0 Å². The summed E-state index contributed by atoms with van der Waals surface area (Å²) in [6.07, 6.45) is 85.8. The molecule has 18 heteroatoms. The molecular weight excluding hydrogens is 1290 g/mol. The molecule has 572 valence electrons. The number of carbonyl (C=O) groups excluding carboxylic acids is 3. The van der Waals surface area contributed by atoms with Crippen LogP contribution in [-0.4, -0.2) is 95.9 Å². The Balaban J connectivity index is 4.41. The van der Waals surface area contributed by atoms with Crippen LogP contribution in [0.3, 0.4) is 0 Å². The molecule has 16 nitrogen and oxygen atoms in total. The van der Waals surface area contributed by atoms with Crippen LogP contribution in [0.2, 0.25) is 0 Å². The average Bonchev–Trinajstić information content (AvgIpc) is 1.43. The molecule has 0 aromatic rings. The van der Waals surface area contributed by atoms with Gasteiger partial charge in [-0.2, -0.15) is 0 Å². The van der Waals surface area contributed by atoms with Crippen LogP contribution in [-0.2, 0) is 55.8 Å². The zero-order valence-electron chi connectivity index (χ0n) is 62.4. The van der Waals surface area contributed by atoms with Crippen LogP contribution in [0, 0.1) is 0 Å². The van der Waals surface area contributed by atoms with Crippen LogP contribution in [0.15, 0.2) is 109 Å². The second-order valence-corrected chi connectivity index (χ2v) is 29.0. The number of allylic oxidation sites excluding steroid dienone is 18. The molecule has 0 aliphatic rings. The van der Waals surface area contributed by atoms with Crippen LogP contribution < -0.4 is 0 Å². The number of phosphoric ester groups is 2. The summed E-state index contributed by atoms with van der Waals surface area (Å²) < 4.78 is 61.0. The van der Waals surface area contributed by atoms with E-state index in [1.807, 2.05) is 0 Å². The molecule has 0 radical (unpaired) electrons. The quantitative estimate of drug-likeness (QED) is 0.0146.